The minimum atomic E-state index is 0.525. The van der Waals surface area contributed by atoms with Crippen molar-refractivity contribution in [2.45, 2.75) is 18.9 Å². The second kappa shape index (κ2) is 3.44. The van der Waals surface area contributed by atoms with Crippen molar-refractivity contribution in [3.8, 4) is 0 Å². The molecule has 1 N–H and O–H groups in total. The summed E-state index contributed by atoms with van der Waals surface area (Å²) in [5, 5.41) is 14.9. The van der Waals surface area contributed by atoms with Crippen LogP contribution in [0.25, 0.3) is 0 Å². The van der Waals surface area contributed by atoms with Gasteiger partial charge in [-0.15, -0.1) is 0 Å². The van der Waals surface area contributed by atoms with Crippen LogP contribution in [0.15, 0.2) is 0 Å². The van der Waals surface area contributed by atoms with Crippen LogP contribution in [0, 0.1) is 5.92 Å². The third kappa shape index (κ3) is 1.58. The molecule has 3 aliphatic heterocycles. The molecule has 0 aromatic carbocycles. The zero-order valence-electron chi connectivity index (χ0n) is 8.93. The SMILES string of the molecule is Cn1nnnc1NC1CN2CCC1CC2. The number of rotatable bonds is 2. The van der Waals surface area contributed by atoms with Crippen LogP contribution < -0.4 is 5.32 Å². The standard InChI is InChI=1S/C9H16N6/c1-14-9(11-12-13-14)10-8-6-15-4-2-7(8)3-5-15/h7-8H,2-6H2,1H3,(H,10,11,13). The average molecular weight is 208 g/mol. The van der Waals surface area contributed by atoms with E-state index in [4.69, 9.17) is 0 Å². The first-order valence-corrected chi connectivity index (χ1v) is 5.54. The zero-order chi connectivity index (χ0) is 10.3. The van der Waals surface area contributed by atoms with Gasteiger partial charge in [-0.2, -0.15) is 0 Å². The van der Waals surface area contributed by atoms with E-state index in [0.29, 0.717) is 6.04 Å². The zero-order valence-corrected chi connectivity index (χ0v) is 8.93. The number of hydrogen-bond acceptors (Lipinski definition) is 5. The molecule has 4 heterocycles. The minimum Gasteiger partial charge on any atom is -0.349 e. The van der Waals surface area contributed by atoms with Gasteiger partial charge in [-0.1, -0.05) is 5.10 Å². The fourth-order valence-corrected chi connectivity index (χ4v) is 2.65. The average Bonchev–Trinajstić information content (AvgIpc) is 2.66. The lowest BCUT2D eigenvalue weighted by Gasteiger charge is -2.44. The highest BCUT2D eigenvalue weighted by molar-refractivity contribution is 5.25. The lowest BCUT2D eigenvalue weighted by Crippen LogP contribution is -2.53. The van der Waals surface area contributed by atoms with Crippen LogP contribution in [-0.2, 0) is 7.05 Å². The Labute approximate surface area is 88.6 Å². The van der Waals surface area contributed by atoms with Crippen molar-refractivity contribution in [1.82, 2.24) is 25.1 Å². The van der Waals surface area contributed by atoms with E-state index in [1.54, 1.807) is 4.68 Å². The Hall–Kier alpha value is -1.17. The van der Waals surface area contributed by atoms with Gasteiger partial charge in [0.25, 0.3) is 0 Å². The molecule has 2 bridgehead atoms. The quantitative estimate of drug-likeness (QED) is 0.724. The summed E-state index contributed by atoms with van der Waals surface area (Å²) in [6, 6.07) is 0.525. The number of fused-ring (bicyclic) bond motifs is 3. The van der Waals surface area contributed by atoms with E-state index in [2.05, 4.69) is 25.7 Å². The number of piperidine rings is 3. The molecular weight excluding hydrogens is 192 g/mol. The van der Waals surface area contributed by atoms with Crippen molar-refractivity contribution in [2.75, 3.05) is 25.0 Å². The molecule has 1 aromatic rings. The van der Waals surface area contributed by atoms with Crippen LogP contribution in [0.5, 0.6) is 0 Å². The van der Waals surface area contributed by atoms with Gasteiger partial charge in [0, 0.05) is 19.6 Å². The maximum Gasteiger partial charge on any atom is 0.242 e. The van der Waals surface area contributed by atoms with E-state index in [1.165, 1.54) is 25.9 Å². The molecular formula is C9H16N6. The van der Waals surface area contributed by atoms with Gasteiger partial charge in [-0.05, 0) is 42.3 Å². The fraction of sp³-hybridized carbons (Fsp3) is 0.889. The van der Waals surface area contributed by atoms with Crippen LogP contribution in [-0.4, -0.2) is 50.8 Å². The van der Waals surface area contributed by atoms with Crippen LogP contribution in [0.4, 0.5) is 5.95 Å². The number of aromatic nitrogens is 4. The molecule has 0 aliphatic carbocycles. The fourth-order valence-electron chi connectivity index (χ4n) is 2.65. The molecule has 82 valence electrons. The summed E-state index contributed by atoms with van der Waals surface area (Å²) < 4.78 is 1.69. The molecule has 3 aliphatic rings. The monoisotopic (exact) mass is 208 g/mol. The van der Waals surface area contributed by atoms with Crippen molar-refractivity contribution in [2.24, 2.45) is 13.0 Å². The van der Waals surface area contributed by atoms with Gasteiger partial charge < -0.3 is 10.2 Å². The van der Waals surface area contributed by atoms with Gasteiger partial charge >= 0.3 is 0 Å². The molecule has 15 heavy (non-hydrogen) atoms. The molecule has 0 spiro atoms. The van der Waals surface area contributed by atoms with Crippen LogP contribution in [0.1, 0.15) is 12.8 Å². The van der Waals surface area contributed by atoms with Gasteiger partial charge in [-0.25, -0.2) is 4.68 Å². The summed E-state index contributed by atoms with van der Waals surface area (Å²) in [5.41, 5.74) is 0. The maximum absolute atomic E-state index is 3.97. The normalized spacial score (nSPS) is 34.3. The predicted octanol–water partition coefficient (Wildman–Crippen LogP) is -0.284. The van der Waals surface area contributed by atoms with Crippen molar-refractivity contribution in [3.63, 3.8) is 0 Å². The summed E-state index contributed by atoms with van der Waals surface area (Å²) in [4.78, 5) is 2.52. The maximum atomic E-state index is 3.97. The largest absolute Gasteiger partial charge is 0.349 e. The van der Waals surface area contributed by atoms with E-state index in [-0.39, 0.29) is 0 Å². The van der Waals surface area contributed by atoms with E-state index >= 15 is 0 Å². The number of hydrogen-bond donors (Lipinski definition) is 1. The molecule has 6 nitrogen and oxygen atoms in total. The third-order valence-corrected chi connectivity index (χ3v) is 3.59. The Balaban J connectivity index is 1.71. The summed E-state index contributed by atoms with van der Waals surface area (Å²) in [5.74, 6) is 1.58. The van der Waals surface area contributed by atoms with Crippen molar-refractivity contribution >= 4 is 5.95 Å². The highest BCUT2D eigenvalue weighted by Gasteiger charge is 2.34. The minimum absolute atomic E-state index is 0.525. The Morgan fingerprint density at radius 1 is 1.33 bits per heavy atom. The molecule has 1 atom stereocenters. The first kappa shape index (κ1) is 9.08. The number of nitrogens with one attached hydrogen (secondary N) is 1. The van der Waals surface area contributed by atoms with Gasteiger partial charge in [0.15, 0.2) is 0 Å². The molecule has 4 rings (SSSR count). The van der Waals surface area contributed by atoms with E-state index in [9.17, 15) is 0 Å². The van der Waals surface area contributed by atoms with Crippen molar-refractivity contribution < 1.29 is 0 Å². The van der Waals surface area contributed by atoms with Crippen molar-refractivity contribution in [1.29, 1.82) is 0 Å². The Morgan fingerprint density at radius 3 is 2.67 bits per heavy atom. The van der Waals surface area contributed by atoms with Crippen LogP contribution in [0.3, 0.4) is 0 Å². The molecule has 0 amide bonds. The lowest BCUT2D eigenvalue weighted by molar-refractivity contribution is 0.0970. The predicted molar refractivity (Wildman–Crippen MR) is 55.4 cm³/mol. The molecule has 6 heteroatoms. The molecule has 3 saturated heterocycles. The van der Waals surface area contributed by atoms with Crippen LogP contribution >= 0.6 is 0 Å². The molecule has 0 saturated carbocycles. The van der Waals surface area contributed by atoms with E-state index in [0.717, 1.165) is 18.4 Å². The van der Waals surface area contributed by atoms with E-state index in [1.807, 2.05) is 7.05 Å². The molecule has 0 radical (unpaired) electrons. The van der Waals surface area contributed by atoms with Crippen molar-refractivity contribution in [3.05, 3.63) is 0 Å². The van der Waals surface area contributed by atoms with Crippen LogP contribution in [0.2, 0.25) is 0 Å². The third-order valence-electron chi connectivity index (χ3n) is 3.59. The number of nitrogens with zero attached hydrogens (tertiary/aromatic N) is 5. The van der Waals surface area contributed by atoms with Gasteiger partial charge in [-0.3, -0.25) is 0 Å². The summed E-state index contributed by atoms with van der Waals surface area (Å²) in [7, 11) is 1.86. The topological polar surface area (TPSA) is 58.9 Å². The molecule has 1 unspecified atom stereocenters. The smallest absolute Gasteiger partial charge is 0.242 e. The van der Waals surface area contributed by atoms with E-state index < -0.39 is 0 Å². The molecule has 3 fully saturated rings. The number of anilines is 1. The van der Waals surface area contributed by atoms with Gasteiger partial charge in [0.1, 0.15) is 0 Å². The Morgan fingerprint density at radius 2 is 2.13 bits per heavy atom. The first-order valence-electron chi connectivity index (χ1n) is 5.54. The Kier molecular flexibility index (Phi) is 2.09. The summed E-state index contributed by atoms with van der Waals surface area (Å²) in [6.07, 6.45) is 2.62. The lowest BCUT2D eigenvalue weighted by atomic mass is 9.84. The first-order chi connectivity index (χ1) is 7.33. The summed E-state index contributed by atoms with van der Waals surface area (Å²) >= 11 is 0. The number of aryl methyl sites for hydroxylation is 1. The van der Waals surface area contributed by atoms with Gasteiger partial charge in [0.2, 0.25) is 5.95 Å². The Bertz CT molecular complexity index is 340. The van der Waals surface area contributed by atoms with Gasteiger partial charge in [0.05, 0.1) is 0 Å². The second-order valence-electron chi connectivity index (χ2n) is 4.51. The highest BCUT2D eigenvalue weighted by atomic mass is 15.6. The highest BCUT2D eigenvalue weighted by Crippen LogP contribution is 2.28. The molecule has 1 aromatic heterocycles. The summed E-state index contributed by atoms with van der Waals surface area (Å²) in [6.45, 7) is 3.66. The second-order valence-corrected chi connectivity index (χ2v) is 4.51. The number of tetrazole rings is 1.